The van der Waals surface area contributed by atoms with Gasteiger partial charge in [0.05, 0.1) is 6.54 Å². The average Bonchev–Trinajstić information content (AvgIpc) is 3.17. The van der Waals surface area contributed by atoms with Gasteiger partial charge in [0.1, 0.15) is 13.2 Å². The van der Waals surface area contributed by atoms with Crippen LogP contribution in [0.15, 0.2) is 42.5 Å². The number of carbonyl (C=O) groups is 1. The molecule has 0 bridgehead atoms. The van der Waals surface area contributed by atoms with Gasteiger partial charge in [-0.25, -0.2) is 0 Å². The molecule has 2 aromatic rings. The number of nitrogens with one attached hydrogen (secondary N) is 1. The van der Waals surface area contributed by atoms with Crippen LogP contribution in [0.4, 0.5) is 0 Å². The summed E-state index contributed by atoms with van der Waals surface area (Å²) in [5.41, 5.74) is 3.77. The third kappa shape index (κ3) is 4.30. The number of hydrogen-bond acceptors (Lipinski definition) is 4. The van der Waals surface area contributed by atoms with E-state index in [1.54, 1.807) is 0 Å². The van der Waals surface area contributed by atoms with Gasteiger partial charge in [-0.3, -0.25) is 9.69 Å². The molecule has 2 aromatic carbocycles. The molecule has 1 unspecified atom stereocenters. The van der Waals surface area contributed by atoms with Crippen molar-refractivity contribution in [3.05, 3.63) is 59.2 Å². The highest BCUT2D eigenvalue weighted by Crippen LogP contribution is 2.37. The Bertz CT molecular complexity index is 836. The summed E-state index contributed by atoms with van der Waals surface area (Å²) in [4.78, 5) is 14.8. The van der Waals surface area contributed by atoms with Crippen LogP contribution < -0.4 is 14.8 Å². The molecule has 2 heterocycles. The first kappa shape index (κ1) is 18.8. The van der Waals surface area contributed by atoms with Crippen LogP contribution in [0.3, 0.4) is 0 Å². The zero-order chi connectivity index (χ0) is 19.3. The number of likely N-dealkylation sites (tertiary alicyclic amines) is 1. The second-order valence-corrected chi connectivity index (χ2v) is 7.56. The van der Waals surface area contributed by atoms with Crippen molar-refractivity contribution in [2.24, 2.45) is 0 Å². The van der Waals surface area contributed by atoms with Crippen LogP contribution >= 0.6 is 0 Å². The fraction of sp³-hybridized carbons (Fsp3) is 0.435. The molecule has 0 spiro atoms. The maximum Gasteiger partial charge on any atom is 0.234 e. The first-order valence-electron chi connectivity index (χ1n) is 10.2. The Balaban J connectivity index is 1.32. The first-order valence-corrected chi connectivity index (χ1v) is 10.2. The van der Waals surface area contributed by atoms with Gasteiger partial charge in [-0.05, 0) is 61.6 Å². The van der Waals surface area contributed by atoms with Crippen molar-refractivity contribution < 1.29 is 14.3 Å². The van der Waals surface area contributed by atoms with Gasteiger partial charge in [0, 0.05) is 12.6 Å². The lowest BCUT2D eigenvalue weighted by molar-refractivity contribution is -0.122. The van der Waals surface area contributed by atoms with Crippen molar-refractivity contribution in [2.45, 2.75) is 32.2 Å². The van der Waals surface area contributed by atoms with Crippen LogP contribution in [-0.4, -0.2) is 43.7 Å². The Morgan fingerprint density at radius 2 is 1.96 bits per heavy atom. The van der Waals surface area contributed by atoms with E-state index in [2.05, 4.69) is 41.4 Å². The highest BCUT2D eigenvalue weighted by atomic mass is 16.6. The van der Waals surface area contributed by atoms with Crippen molar-refractivity contribution in [3.8, 4) is 11.5 Å². The fourth-order valence-electron chi connectivity index (χ4n) is 4.13. The highest BCUT2D eigenvalue weighted by Gasteiger charge is 2.28. The van der Waals surface area contributed by atoms with Gasteiger partial charge in [0.25, 0.3) is 0 Å². The molecule has 4 rings (SSSR count). The summed E-state index contributed by atoms with van der Waals surface area (Å²) >= 11 is 0. The van der Waals surface area contributed by atoms with Crippen LogP contribution in [0.25, 0.3) is 0 Å². The van der Waals surface area contributed by atoms with E-state index < -0.39 is 0 Å². The Morgan fingerprint density at radius 3 is 2.82 bits per heavy atom. The van der Waals surface area contributed by atoms with Gasteiger partial charge in [0.15, 0.2) is 11.5 Å². The summed E-state index contributed by atoms with van der Waals surface area (Å²) < 4.78 is 11.3. The van der Waals surface area contributed by atoms with E-state index in [-0.39, 0.29) is 11.9 Å². The van der Waals surface area contributed by atoms with E-state index in [1.165, 1.54) is 16.7 Å². The summed E-state index contributed by atoms with van der Waals surface area (Å²) in [6, 6.07) is 14.8. The minimum Gasteiger partial charge on any atom is -0.486 e. The monoisotopic (exact) mass is 380 g/mol. The maximum atomic E-state index is 12.5. The highest BCUT2D eigenvalue weighted by molar-refractivity contribution is 5.78. The minimum atomic E-state index is 0.0954. The van der Waals surface area contributed by atoms with Crippen molar-refractivity contribution in [2.75, 3.05) is 32.8 Å². The lowest BCUT2D eigenvalue weighted by atomic mass is 10.0. The largest absolute Gasteiger partial charge is 0.486 e. The Kier molecular flexibility index (Phi) is 5.81. The number of amides is 1. The van der Waals surface area contributed by atoms with Crippen LogP contribution in [0.5, 0.6) is 11.5 Å². The zero-order valence-electron chi connectivity index (χ0n) is 16.4. The smallest absolute Gasteiger partial charge is 0.234 e. The molecule has 148 valence electrons. The topological polar surface area (TPSA) is 50.8 Å². The van der Waals surface area contributed by atoms with Crippen molar-refractivity contribution in [1.82, 2.24) is 10.2 Å². The van der Waals surface area contributed by atoms with E-state index >= 15 is 0 Å². The Labute approximate surface area is 166 Å². The third-order valence-corrected chi connectivity index (χ3v) is 5.64. The molecule has 0 aliphatic carbocycles. The van der Waals surface area contributed by atoms with Gasteiger partial charge in [0.2, 0.25) is 5.91 Å². The number of aryl methyl sites for hydroxylation is 1. The Morgan fingerprint density at radius 1 is 1.14 bits per heavy atom. The molecule has 0 aromatic heterocycles. The lowest BCUT2D eigenvalue weighted by Crippen LogP contribution is -2.37. The van der Waals surface area contributed by atoms with Gasteiger partial charge in [-0.1, -0.05) is 30.3 Å². The Hall–Kier alpha value is -2.53. The van der Waals surface area contributed by atoms with Crippen LogP contribution in [0.2, 0.25) is 0 Å². The fourth-order valence-corrected chi connectivity index (χ4v) is 4.13. The van der Waals surface area contributed by atoms with Crippen LogP contribution in [0, 0.1) is 6.92 Å². The summed E-state index contributed by atoms with van der Waals surface area (Å²) in [7, 11) is 0. The molecule has 5 heteroatoms. The molecule has 1 N–H and O–H groups in total. The van der Waals surface area contributed by atoms with Crippen molar-refractivity contribution in [1.29, 1.82) is 0 Å². The summed E-state index contributed by atoms with van der Waals surface area (Å²) in [6.45, 7) is 5.36. The second kappa shape index (κ2) is 8.65. The molecule has 5 nitrogen and oxygen atoms in total. The minimum absolute atomic E-state index is 0.0954. The normalized spacial score (nSPS) is 18.8. The molecule has 2 aliphatic heterocycles. The van der Waals surface area contributed by atoms with Crippen molar-refractivity contribution in [3.63, 3.8) is 0 Å². The molecule has 0 saturated carbocycles. The van der Waals surface area contributed by atoms with Crippen molar-refractivity contribution >= 4 is 5.91 Å². The quantitative estimate of drug-likeness (QED) is 0.836. The summed E-state index contributed by atoms with van der Waals surface area (Å²) in [5, 5.41) is 3.08. The second-order valence-electron chi connectivity index (χ2n) is 7.56. The number of carbonyl (C=O) groups excluding carboxylic acids is 1. The molecular weight excluding hydrogens is 352 g/mol. The number of rotatable bonds is 6. The van der Waals surface area contributed by atoms with Crippen LogP contribution in [-0.2, 0) is 11.2 Å². The molecule has 1 amide bonds. The lowest BCUT2D eigenvalue weighted by Gasteiger charge is -2.26. The average molecular weight is 380 g/mol. The SMILES string of the molecule is Cc1ccccc1CCNC(=O)CN1CCCC1c1ccc2c(c1)OCCO2. The number of ether oxygens (including phenoxy) is 2. The zero-order valence-corrected chi connectivity index (χ0v) is 16.4. The van der Waals surface area contributed by atoms with Gasteiger partial charge < -0.3 is 14.8 Å². The number of hydrogen-bond donors (Lipinski definition) is 1. The van der Waals surface area contributed by atoms with Gasteiger partial charge >= 0.3 is 0 Å². The van der Waals surface area contributed by atoms with E-state index in [1.807, 2.05) is 18.2 Å². The summed E-state index contributed by atoms with van der Waals surface area (Å²) in [6.07, 6.45) is 3.04. The first-order chi connectivity index (χ1) is 13.7. The molecule has 1 saturated heterocycles. The van der Waals surface area contributed by atoms with E-state index in [0.29, 0.717) is 26.3 Å². The van der Waals surface area contributed by atoms with Crippen LogP contribution in [0.1, 0.15) is 35.6 Å². The van der Waals surface area contributed by atoms with Gasteiger partial charge in [-0.15, -0.1) is 0 Å². The maximum absolute atomic E-state index is 12.5. The van der Waals surface area contributed by atoms with E-state index in [9.17, 15) is 4.79 Å². The summed E-state index contributed by atoms with van der Waals surface area (Å²) in [5.74, 6) is 1.73. The molecule has 0 radical (unpaired) electrons. The van der Waals surface area contributed by atoms with Gasteiger partial charge in [-0.2, -0.15) is 0 Å². The predicted molar refractivity (Wildman–Crippen MR) is 109 cm³/mol. The number of fused-ring (bicyclic) bond motifs is 1. The molecule has 28 heavy (non-hydrogen) atoms. The molecule has 2 aliphatic rings. The van der Waals surface area contributed by atoms with E-state index in [4.69, 9.17) is 9.47 Å². The third-order valence-electron chi connectivity index (χ3n) is 5.64. The standard InChI is InChI=1S/C23H28N2O3/c1-17-5-2-3-6-18(17)10-11-24-23(26)16-25-12-4-7-20(25)19-8-9-21-22(15-19)28-14-13-27-21/h2-3,5-6,8-9,15,20H,4,7,10-14,16H2,1H3,(H,24,26). The molecule has 1 atom stereocenters. The molecule has 1 fully saturated rings. The number of benzene rings is 2. The predicted octanol–water partition coefficient (Wildman–Crippen LogP) is 3.26. The van der Waals surface area contributed by atoms with E-state index in [0.717, 1.165) is 37.3 Å². The number of nitrogens with zero attached hydrogens (tertiary/aromatic N) is 1. The molecular formula is C23H28N2O3.